The van der Waals surface area contributed by atoms with E-state index in [-0.39, 0.29) is 17.1 Å². The predicted molar refractivity (Wildman–Crippen MR) is 48.7 cm³/mol. The molecular weight excluding hydrogens is 194 g/mol. The van der Waals surface area contributed by atoms with Gasteiger partial charge in [-0.25, -0.2) is 8.78 Å². The van der Waals surface area contributed by atoms with Crippen molar-refractivity contribution in [2.24, 2.45) is 0 Å². The van der Waals surface area contributed by atoms with Crippen LogP contribution in [-0.4, -0.2) is 10.9 Å². The average molecular weight is 204 g/mol. The number of thioether (sulfide) groups is 1. The lowest BCUT2D eigenvalue weighted by atomic mass is 10.2. The molecule has 1 nitrogen and oxygen atoms in total. The fraction of sp³-hybridized carbons (Fsp3) is 0.333. The van der Waals surface area contributed by atoms with Gasteiger partial charge < -0.3 is 5.11 Å². The number of aliphatic hydroxyl groups is 1. The quantitative estimate of drug-likeness (QED) is 0.763. The van der Waals surface area contributed by atoms with E-state index in [1.165, 1.54) is 0 Å². The molecule has 1 aromatic rings. The first kappa shape index (κ1) is 10.5. The van der Waals surface area contributed by atoms with Gasteiger partial charge in [-0.15, -0.1) is 11.8 Å². The molecule has 0 aliphatic heterocycles. The summed E-state index contributed by atoms with van der Waals surface area (Å²) >= 11 is 1.12. The van der Waals surface area contributed by atoms with Crippen molar-refractivity contribution in [3.8, 4) is 0 Å². The molecule has 1 N–H and O–H groups in total. The van der Waals surface area contributed by atoms with Crippen LogP contribution < -0.4 is 0 Å². The van der Waals surface area contributed by atoms with Crippen LogP contribution in [0.25, 0.3) is 0 Å². The molecule has 0 aromatic heterocycles. The average Bonchev–Trinajstić information content (AvgIpc) is 2.11. The van der Waals surface area contributed by atoms with Gasteiger partial charge in [0.25, 0.3) is 0 Å². The van der Waals surface area contributed by atoms with Crippen LogP contribution in [0.4, 0.5) is 8.78 Å². The first-order valence-corrected chi connectivity index (χ1v) is 4.89. The minimum Gasteiger partial charge on any atom is -0.392 e. The molecule has 1 aromatic carbocycles. The summed E-state index contributed by atoms with van der Waals surface area (Å²) in [5.41, 5.74) is 0.260. The highest BCUT2D eigenvalue weighted by Crippen LogP contribution is 2.25. The van der Waals surface area contributed by atoms with Crippen LogP contribution in [0.3, 0.4) is 0 Å². The number of aliphatic hydroxyl groups excluding tert-OH is 1. The van der Waals surface area contributed by atoms with Crippen LogP contribution in [0.5, 0.6) is 0 Å². The van der Waals surface area contributed by atoms with E-state index in [1.807, 2.05) is 6.92 Å². The molecule has 0 aliphatic carbocycles. The fourth-order valence-corrected chi connectivity index (χ4v) is 1.67. The Labute approximate surface area is 79.8 Å². The number of benzene rings is 1. The van der Waals surface area contributed by atoms with E-state index in [1.54, 1.807) is 0 Å². The molecule has 0 spiro atoms. The molecule has 13 heavy (non-hydrogen) atoms. The second-order valence-corrected chi connectivity index (χ2v) is 3.75. The fourth-order valence-electron chi connectivity index (χ4n) is 0.986. The third kappa shape index (κ3) is 2.42. The van der Waals surface area contributed by atoms with Crippen molar-refractivity contribution >= 4 is 11.8 Å². The van der Waals surface area contributed by atoms with Crippen molar-refractivity contribution in [1.82, 2.24) is 0 Å². The molecule has 0 saturated carbocycles. The molecule has 0 unspecified atom stereocenters. The van der Waals surface area contributed by atoms with E-state index >= 15 is 0 Å². The molecule has 0 bridgehead atoms. The third-order valence-corrected chi connectivity index (χ3v) is 2.50. The van der Waals surface area contributed by atoms with Crippen LogP contribution in [0, 0.1) is 11.6 Å². The molecule has 4 heteroatoms. The van der Waals surface area contributed by atoms with Crippen LogP contribution in [0.1, 0.15) is 12.5 Å². The van der Waals surface area contributed by atoms with Crippen molar-refractivity contribution in [1.29, 1.82) is 0 Å². The molecule has 0 saturated heterocycles. The number of hydrogen-bond donors (Lipinski definition) is 1. The molecule has 1 rings (SSSR count). The summed E-state index contributed by atoms with van der Waals surface area (Å²) in [4.78, 5) is 0.0275. The van der Waals surface area contributed by atoms with Crippen molar-refractivity contribution in [3.63, 3.8) is 0 Å². The first-order chi connectivity index (χ1) is 6.19. The van der Waals surface area contributed by atoms with Gasteiger partial charge in [0.05, 0.1) is 11.5 Å². The second-order valence-electron chi connectivity index (χ2n) is 2.48. The number of hydrogen-bond acceptors (Lipinski definition) is 2. The highest BCUT2D eigenvalue weighted by molar-refractivity contribution is 7.99. The standard InChI is InChI=1S/C9H10F2OS/c1-2-13-9-7(10)3-6(5-12)4-8(9)11/h3-4,12H,2,5H2,1H3. The maximum atomic E-state index is 13.1. The van der Waals surface area contributed by atoms with Gasteiger partial charge in [-0.05, 0) is 23.4 Å². The Morgan fingerprint density at radius 1 is 1.31 bits per heavy atom. The molecule has 72 valence electrons. The highest BCUT2D eigenvalue weighted by atomic mass is 32.2. The zero-order chi connectivity index (χ0) is 9.84. The van der Waals surface area contributed by atoms with E-state index in [0.717, 1.165) is 23.9 Å². The largest absolute Gasteiger partial charge is 0.392 e. The van der Waals surface area contributed by atoms with Crippen molar-refractivity contribution in [2.45, 2.75) is 18.4 Å². The lowest BCUT2D eigenvalue weighted by Gasteiger charge is -2.04. The van der Waals surface area contributed by atoms with E-state index in [2.05, 4.69) is 0 Å². The Kier molecular flexibility index (Phi) is 3.69. The van der Waals surface area contributed by atoms with Crippen LogP contribution in [0.15, 0.2) is 17.0 Å². The van der Waals surface area contributed by atoms with Gasteiger partial charge >= 0.3 is 0 Å². The lowest BCUT2D eigenvalue weighted by Crippen LogP contribution is -1.93. The highest BCUT2D eigenvalue weighted by Gasteiger charge is 2.10. The maximum Gasteiger partial charge on any atom is 0.140 e. The minimum absolute atomic E-state index is 0.0275. The van der Waals surface area contributed by atoms with E-state index < -0.39 is 11.6 Å². The predicted octanol–water partition coefficient (Wildman–Crippen LogP) is 2.57. The molecule has 0 fully saturated rings. The Hall–Kier alpha value is -0.610. The summed E-state index contributed by atoms with van der Waals surface area (Å²) in [5, 5.41) is 8.67. The van der Waals surface area contributed by atoms with Gasteiger partial charge in [-0.3, -0.25) is 0 Å². The van der Waals surface area contributed by atoms with Gasteiger partial charge in [-0.1, -0.05) is 6.92 Å². The van der Waals surface area contributed by atoms with Crippen molar-refractivity contribution in [3.05, 3.63) is 29.3 Å². The summed E-state index contributed by atoms with van der Waals surface area (Å²) in [6.45, 7) is 1.48. The number of halogens is 2. The third-order valence-electron chi connectivity index (χ3n) is 1.53. The van der Waals surface area contributed by atoms with E-state index in [4.69, 9.17) is 5.11 Å². The summed E-state index contributed by atoms with van der Waals surface area (Å²) in [6.07, 6.45) is 0. The summed E-state index contributed by atoms with van der Waals surface area (Å²) in [5.74, 6) is -0.585. The normalized spacial score (nSPS) is 10.5. The summed E-state index contributed by atoms with van der Waals surface area (Å²) in [6, 6.07) is 2.31. The Balaban J connectivity index is 3.07. The maximum absolute atomic E-state index is 13.1. The van der Waals surface area contributed by atoms with Crippen molar-refractivity contribution < 1.29 is 13.9 Å². The van der Waals surface area contributed by atoms with E-state index in [0.29, 0.717) is 5.75 Å². The van der Waals surface area contributed by atoms with Gasteiger partial charge in [-0.2, -0.15) is 0 Å². The number of rotatable bonds is 3. The Morgan fingerprint density at radius 3 is 2.23 bits per heavy atom. The molecule has 0 radical (unpaired) electrons. The monoisotopic (exact) mass is 204 g/mol. The first-order valence-electron chi connectivity index (χ1n) is 3.90. The van der Waals surface area contributed by atoms with E-state index in [9.17, 15) is 8.78 Å². The molecule has 0 atom stereocenters. The van der Waals surface area contributed by atoms with Gasteiger partial charge in [0.2, 0.25) is 0 Å². The molecule has 0 heterocycles. The van der Waals surface area contributed by atoms with Crippen LogP contribution in [-0.2, 0) is 6.61 Å². The Bertz CT molecular complexity index is 279. The second kappa shape index (κ2) is 4.58. The zero-order valence-electron chi connectivity index (χ0n) is 7.18. The van der Waals surface area contributed by atoms with Crippen molar-refractivity contribution in [2.75, 3.05) is 5.75 Å². The topological polar surface area (TPSA) is 20.2 Å². The van der Waals surface area contributed by atoms with Gasteiger partial charge in [0, 0.05) is 0 Å². The molecule has 0 aliphatic rings. The lowest BCUT2D eigenvalue weighted by molar-refractivity contribution is 0.280. The Morgan fingerprint density at radius 2 is 1.85 bits per heavy atom. The van der Waals surface area contributed by atoms with Crippen LogP contribution >= 0.6 is 11.8 Å². The molecular formula is C9H10F2OS. The van der Waals surface area contributed by atoms with Crippen LogP contribution in [0.2, 0.25) is 0 Å². The SMILES string of the molecule is CCSc1c(F)cc(CO)cc1F. The summed E-state index contributed by atoms with van der Waals surface area (Å²) < 4.78 is 26.2. The van der Waals surface area contributed by atoms with Gasteiger partial charge in [0.15, 0.2) is 0 Å². The van der Waals surface area contributed by atoms with Gasteiger partial charge in [0.1, 0.15) is 11.6 Å². The minimum atomic E-state index is -0.601. The smallest absolute Gasteiger partial charge is 0.140 e. The summed E-state index contributed by atoms with van der Waals surface area (Å²) in [7, 11) is 0. The zero-order valence-corrected chi connectivity index (χ0v) is 8.00. The molecule has 0 amide bonds.